The molecule has 0 aliphatic heterocycles. The van der Waals surface area contributed by atoms with Crippen molar-refractivity contribution in [2.24, 2.45) is 5.92 Å². The molecule has 1 aromatic carbocycles. The molecule has 0 radical (unpaired) electrons. The Morgan fingerprint density at radius 2 is 1.74 bits per heavy atom. The third-order valence-corrected chi connectivity index (χ3v) is 5.89. The van der Waals surface area contributed by atoms with E-state index in [0.29, 0.717) is 0 Å². The summed E-state index contributed by atoms with van der Waals surface area (Å²) in [6, 6.07) is 11.4. The van der Waals surface area contributed by atoms with Crippen molar-refractivity contribution in [3.05, 3.63) is 44.6 Å². The molecular weight excluding hydrogens is 364 g/mol. The third kappa shape index (κ3) is 6.43. The molecule has 2 rings (SSSR count). The second-order valence-corrected chi connectivity index (χ2v) is 8.44. The summed E-state index contributed by atoms with van der Waals surface area (Å²) in [6.45, 7) is 10.8. The molecule has 0 aliphatic carbocycles. The molecule has 0 aliphatic rings. The molecule has 0 amide bonds. The van der Waals surface area contributed by atoms with Crippen molar-refractivity contribution >= 4 is 27.3 Å². The van der Waals surface area contributed by atoms with Crippen LogP contribution in [0.5, 0.6) is 0 Å². The molecule has 23 heavy (non-hydrogen) atoms. The number of rotatable bonds is 7. The molecule has 2 aromatic rings. The Hall–Kier alpha value is -0.600. The van der Waals surface area contributed by atoms with Crippen molar-refractivity contribution in [1.29, 1.82) is 0 Å². The maximum atomic E-state index is 3.67. The zero-order valence-corrected chi connectivity index (χ0v) is 17.7. The number of halogens is 1. The highest BCUT2D eigenvalue weighted by molar-refractivity contribution is 9.11. The molecule has 0 saturated heterocycles. The summed E-state index contributed by atoms with van der Waals surface area (Å²) in [6.07, 6.45) is 6.54. The van der Waals surface area contributed by atoms with Gasteiger partial charge >= 0.3 is 0 Å². The molecular formula is C21H31BrS. The fourth-order valence-corrected chi connectivity index (χ4v) is 4.64. The number of hydrogen-bond donors (Lipinski definition) is 0. The highest BCUT2D eigenvalue weighted by Crippen LogP contribution is 2.35. The van der Waals surface area contributed by atoms with Crippen LogP contribution in [0.15, 0.2) is 34.1 Å². The van der Waals surface area contributed by atoms with Crippen LogP contribution in [0.3, 0.4) is 0 Å². The van der Waals surface area contributed by atoms with E-state index in [9.17, 15) is 0 Å². The van der Waals surface area contributed by atoms with Gasteiger partial charge in [-0.1, -0.05) is 77.6 Å². The lowest BCUT2D eigenvalue weighted by Gasteiger charge is -2.14. The Morgan fingerprint density at radius 3 is 2.22 bits per heavy atom. The van der Waals surface area contributed by atoms with E-state index >= 15 is 0 Å². The normalized spacial score (nSPS) is 11.7. The predicted molar refractivity (Wildman–Crippen MR) is 111 cm³/mol. The number of unbranched alkanes of at least 4 members (excludes halogenated alkanes) is 1. The minimum atomic E-state index is 0.839. The topological polar surface area (TPSA) is 0 Å². The van der Waals surface area contributed by atoms with Crippen molar-refractivity contribution in [3.63, 3.8) is 0 Å². The van der Waals surface area contributed by atoms with Crippen LogP contribution < -0.4 is 0 Å². The van der Waals surface area contributed by atoms with Crippen LogP contribution in [0, 0.1) is 12.8 Å². The highest BCUT2D eigenvalue weighted by atomic mass is 79.9. The van der Waals surface area contributed by atoms with Gasteiger partial charge in [-0.3, -0.25) is 0 Å². The quantitative estimate of drug-likeness (QED) is 0.442. The van der Waals surface area contributed by atoms with Crippen LogP contribution >= 0.6 is 27.3 Å². The molecule has 0 nitrogen and oxygen atoms in total. The standard InChI is InChI=1S/C19H25BrS.C2H6/c1-4-6-7-15(5-2)13-16-8-10-17(11-9-16)18-12-14(3)21-19(18)20;1-2/h8-12,15H,4-7,13H2,1-3H3;1-2H3. The van der Waals surface area contributed by atoms with Crippen LogP contribution in [0.1, 0.15) is 63.8 Å². The lowest BCUT2D eigenvalue weighted by atomic mass is 9.91. The fourth-order valence-electron chi connectivity index (χ4n) is 2.78. The zero-order valence-electron chi connectivity index (χ0n) is 15.3. The van der Waals surface area contributed by atoms with E-state index in [1.165, 1.54) is 57.5 Å². The minimum absolute atomic E-state index is 0.839. The molecule has 0 spiro atoms. The maximum absolute atomic E-state index is 3.67. The number of aryl methyl sites for hydroxylation is 1. The highest BCUT2D eigenvalue weighted by Gasteiger charge is 2.09. The predicted octanol–water partition coefficient (Wildman–Crippen LogP) is 8.27. The van der Waals surface area contributed by atoms with Crippen molar-refractivity contribution in [1.82, 2.24) is 0 Å². The Bertz CT molecular complexity index is 554. The van der Waals surface area contributed by atoms with E-state index in [1.807, 2.05) is 25.2 Å². The Morgan fingerprint density at radius 1 is 1.09 bits per heavy atom. The van der Waals surface area contributed by atoms with E-state index in [4.69, 9.17) is 0 Å². The minimum Gasteiger partial charge on any atom is -0.133 e. The number of benzene rings is 1. The third-order valence-electron chi connectivity index (χ3n) is 4.14. The van der Waals surface area contributed by atoms with E-state index in [0.717, 1.165) is 5.92 Å². The van der Waals surface area contributed by atoms with Crippen LogP contribution in [0.4, 0.5) is 0 Å². The van der Waals surface area contributed by atoms with E-state index < -0.39 is 0 Å². The van der Waals surface area contributed by atoms with Crippen molar-refractivity contribution in [2.75, 3.05) is 0 Å². The summed E-state index contributed by atoms with van der Waals surface area (Å²) >= 11 is 5.48. The van der Waals surface area contributed by atoms with Gasteiger partial charge in [-0.05, 0) is 52.4 Å². The lowest BCUT2D eigenvalue weighted by Crippen LogP contribution is -2.03. The second-order valence-electron chi connectivity index (χ2n) is 5.86. The van der Waals surface area contributed by atoms with Gasteiger partial charge in [-0.15, -0.1) is 11.3 Å². The molecule has 128 valence electrons. The van der Waals surface area contributed by atoms with Gasteiger partial charge < -0.3 is 0 Å². The smallest absolute Gasteiger partial charge is 0.0779 e. The maximum Gasteiger partial charge on any atom is 0.0779 e. The molecule has 0 bridgehead atoms. The Balaban J connectivity index is 0.00000127. The van der Waals surface area contributed by atoms with E-state index in [1.54, 1.807) is 0 Å². The van der Waals surface area contributed by atoms with Crippen LogP contribution in [-0.2, 0) is 6.42 Å². The average molecular weight is 395 g/mol. The number of hydrogen-bond acceptors (Lipinski definition) is 1. The Labute approximate surface area is 155 Å². The van der Waals surface area contributed by atoms with Crippen LogP contribution in [-0.4, -0.2) is 0 Å². The van der Waals surface area contributed by atoms with Crippen LogP contribution in [0.25, 0.3) is 11.1 Å². The number of thiophene rings is 1. The first kappa shape index (κ1) is 20.4. The molecule has 1 unspecified atom stereocenters. The lowest BCUT2D eigenvalue weighted by molar-refractivity contribution is 0.449. The van der Waals surface area contributed by atoms with E-state index in [2.05, 4.69) is 67.0 Å². The van der Waals surface area contributed by atoms with Gasteiger partial charge in [0.1, 0.15) is 0 Å². The second kappa shape index (κ2) is 11.0. The molecule has 2 heteroatoms. The van der Waals surface area contributed by atoms with Gasteiger partial charge in [-0.2, -0.15) is 0 Å². The SMILES string of the molecule is CC.CCCCC(CC)Cc1ccc(-c2cc(C)sc2Br)cc1. The summed E-state index contributed by atoms with van der Waals surface area (Å²) < 4.78 is 1.24. The van der Waals surface area contributed by atoms with Crippen molar-refractivity contribution in [3.8, 4) is 11.1 Å². The van der Waals surface area contributed by atoms with Gasteiger partial charge in [-0.25, -0.2) is 0 Å². The summed E-state index contributed by atoms with van der Waals surface area (Å²) in [5.41, 5.74) is 4.11. The summed E-state index contributed by atoms with van der Waals surface area (Å²) in [5, 5.41) is 0. The molecule has 1 atom stereocenters. The molecule has 0 saturated carbocycles. The fraction of sp³-hybridized carbons (Fsp3) is 0.524. The Kier molecular flexibility index (Phi) is 9.81. The van der Waals surface area contributed by atoms with E-state index in [-0.39, 0.29) is 0 Å². The first-order valence-electron chi connectivity index (χ1n) is 8.99. The summed E-state index contributed by atoms with van der Waals surface area (Å²) in [7, 11) is 0. The first-order chi connectivity index (χ1) is 11.1. The molecule has 0 fully saturated rings. The van der Waals surface area contributed by atoms with Crippen molar-refractivity contribution < 1.29 is 0 Å². The van der Waals surface area contributed by atoms with Gasteiger partial charge in [0.2, 0.25) is 0 Å². The zero-order chi connectivity index (χ0) is 17.2. The van der Waals surface area contributed by atoms with Gasteiger partial charge in [0.25, 0.3) is 0 Å². The molecule has 0 N–H and O–H groups in total. The van der Waals surface area contributed by atoms with Gasteiger partial charge in [0.15, 0.2) is 0 Å². The summed E-state index contributed by atoms with van der Waals surface area (Å²) in [4.78, 5) is 1.35. The molecule has 1 aromatic heterocycles. The van der Waals surface area contributed by atoms with Crippen LogP contribution in [0.2, 0.25) is 0 Å². The average Bonchev–Trinajstić information content (AvgIpc) is 2.92. The van der Waals surface area contributed by atoms with Crippen molar-refractivity contribution in [2.45, 2.75) is 66.7 Å². The largest absolute Gasteiger partial charge is 0.133 e. The molecule has 1 heterocycles. The summed E-state index contributed by atoms with van der Waals surface area (Å²) in [5.74, 6) is 0.839. The van der Waals surface area contributed by atoms with Gasteiger partial charge in [0.05, 0.1) is 3.79 Å². The monoisotopic (exact) mass is 394 g/mol. The van der Waals surface area contributed by atoms with Gasteiger partial charge in [0, 0.05) is 10.4 Å². The first-order valence-corrected chi connectivity index (χ1v) is 10.6.